The first-order chi connectivity index (χ1) is 8.69. The highest BCUT2D eigenvalue weighted by Gasteiger charge is 2.34. The molecule has 1 aromatic heterocycles. The zero-order chi connectivity index (χ0) is 13.0. The summed E-state index contributed by atoms with van der Waals surface area (Å²) in [6.45, 7) is 2.93. The van der Waals surface area contributed by atoms with Crippen LogP contribution in [0.2, 0.25) is 0 Å². The molecule has 1 aliphatic carbocycles. The molecule has 0 spiro atoms. The van der Waals surface area contributed by atoms with Gasteiger partial charge in [0.05, 0.1) is 12.6 Å². The molecule has 18 heavy (non-hydrogen) atoms. The highest BCUT2D eigenvalue weighted by atomic mass is 16.5. The molecule has 3 N–H and O–H groups in total. The van der Waals surface area contributed by atoms with E-state index in [1.54, 1.807) is 13.3 Å². The van der Waals surface area contributed by atoms with Crippen LogP contribution in [0.1, 0.15) is 32.6 Å². The molecule has 1 fully saturated rings. The average molecular weight is 249 g/mol. The van der Waals surface area contributed by atoms with E-state index in [0.717, 1.165) is 24.4 Å². The van der Waals surface area contributed by atoms with Crippen LogP contribution < -0.4 is 15.8 Å². The fraction of sp³-hybridized carbons (Fsp3) is 0.643. The minimum absolute atomic E-state index is 0.0285. The largest absolute Gasteiger partial charge is 0.493 e. The van der Waals surface area contributed by atoms with E-state index in [1.807, 2.05) is 12.1 Å². The molecule has 1 heterocycles. The summed E-state index contributed by atoms with van der Waals surface area (Å²) >= 11 is 0. The van der Waals surface area contributed by atoms with E-state index in [4.69, 9.17) is 10.5 Å². The molecular weight excluding hydrogens is 226 g/mol. The molecule has 0 saturated heterocycles. The Hall–Kier alpha value is -1.29. The number of pyridine rings is 1. The highest BCUT2D eigenvalue weighted by molar-refractivity contribution is 5.51. The number of anilines is 1. The third-order valence-electron chi connectivity index (χ3n) is 3.86. The lowest BCUT2D eigenvalue weighted by molar-refractivity contribution is 0.262. The van der Waals surface area contributed by atoms with Gasteiger partial charge in [0.1, 0.15) is 0 Å². The number of ether oxygens (including phenoxy) is 1. The first-order valence-corrected chi connectivity index (χ1v) is 6.66. The predicted molar refractivity (Wildman–Crippen MR) is 73.8 cm³/mol. The molecule has 4 nitrogen and oxygen atoms in total. The molecule has 100 valence electrons. The summed E-state index contributed by atoms with van der Waals surface area (Å²) in [5.74, 6) is 2.30. The Labute approximate surface area is 109 Å². The van der Waals surface area contributed by atoms with Gasteiger partial charge < -0.3 is 15.8 Å². The van der Waals surface area contributed by atoms with Crippen molar-refractivity contribution in [3.8, 4) is 5.75 Å². The second-order valence-electron chi connectivity index (χ2n) is 5.37. The molecule has 0 aromatic carbocycles. The van der Waals surface area contributed by atoms with Gasteiger partial charge in [0, 0.05) is 12.7 Å². The van der Waals surface area contributed by atoms with Crippen LogP contribution in [0.5, 0.6) is 5.75 Å². The summed E-state index contributed by atoms with van der Waals surface area (Å²) in [7, 11) is 1.67. The zero-order valence-corrected chi connectivity index (χ0v) is 11.3. The molecule has 0 bridgehead atoms. The first kappa shape index (κ1) is 13.1. The number of hydrogen-bond acceptors (Lipinski definition) is 4. The standard InChI is InChI=1S/C14H23N3O/c1-11-5-3-7-14(9-11,10-15)17-13-12(18-2)6-4-8-16-13/h4,6,8,11H,3,5,7,9-10,15H2,1-2H3,(H,16,17). The van der Waals surface area contributed by atoms with Crippen molar-refractivity contribution in [1.29, 1.82) is 0 Å². The lowest BCUT2D eigenvalue weighted by Gasteiger charge is -2.40. The Morgan fingerprint density at radius 3 is 3.11 bits per heavy atom. The topological polar surface area (TPSA) is 60.2 Å². The summed E-state index contributed by atoms with van der Waals surface area (Å²) in [5.41, 5.74) is 5.98. The minimum Gasteiger partial charge on any atom is -0.493 e. The Bertz CT molecular complexity index is 396. The number of nitrogens with two attached hydrogens (primary N) is 1. The summed E-state index contributed by atoms with van der Waals surface area (Å²) in [6, 6.07) is 3.80. The van der Waals surface area contributed by atoms with Crippen molar-refractivity contribution in [1.82, 2.24) is 4.98 Å². The smallest absolute Gasteiger partial charge is 0.169 e. The van der Waals surface area contributed by atoms with Crippen molar-refractivity contribution < 1.29 is 4.74 Å². The van der Waals surface area contributed by atoms with E-state index >= 15 is 0 Å². The van der Waals surface area contributed by atoms with Crippen molar-refractivity contribution in [2.75, 3.05) is 19.0 Å². The number of nitrogens with zero attached hydrogens (tertiary/aromatic N) is 1. The van der Waals surface area contributed by atoms with E-state index in [-0.39, 0.29) is 5.54 Å². The van der Waals surface area contributed by atoms with Crippen LogP contribution >= 0.6 is 0 Å². The molecule has 2 atom stereocenters. The van der Waals surface area contributed by atoms with E-state index in [0.29, 0.717) is 12.5 Å². The molecule has 4 heteroatoms. The predicted octanol–water partition coefficient (Wildman–Crippen LogP) is 2.41. The van der Waals surface area contributed by atoms with Gasteiger partial charge in [-0.25, -0.2) is 4.98 Å². The quantitative estimate of drug-likeness (QED) is 0.860. The van der Waals surface area contributed by atoms with Crippen LogP contribution in [0.15, 0.2) is 18.3 Å². The number of rotatable bonds is 4. The van der Waals surface area contributed by atoms with Crippen LogP contribution in [-0.2, 0) is 0 Å². The maximum Gasteiger partial charge on any atom is 0.169 e. The van der Waals surface area contributed by atoms with Gasteiger partial charge in [0.2, 0.25) is 0 Å². The molecule has 0 radical (unpaired) electrons. The molecule has 0 aliphatic heterocycles. The van der Waals surface area contributed by atoms with Gasteiger partial charge in [-0.1, -0.05) is 19.8 Å². The number of aromatic nitrogens is 1. The van der Waals surface area contributed by atoms with Crippen molar-refractivity contribution >= 4 is 5.82 Å². The van der Waals surface area contributed by atoms with Crippen molar-refractivity contribution in [3.05, 3.63) is 18.3 Å². The monoisotopic (exact) mass is 249 g/mol. The maximum absolute atomic E-state index is 6.01. The molecule has 2 rings (SSSR count). The molecule has 0 amide bonds. The molecule has 1 saturated carbocycles. The maximum atomic E-state index is 6.01. The SMILES string of the molecule is COc1cccnc1NC1(CN)CCCC(C)C1. The summed E-state index contributed by atoms with van der Waals surface area (Å²) in [6.07, 6.45) is 6.50. The number of methoxy groups -OCH3 is 1. The van der Waals surface area contributed by atoms with Gasteiger partial charge in [-0.15, -0.1) is 0 Å². The Morgan fingerprint density at radius 1 is 1.61 bits per heavy atom. The van der Waals surface area contributed by atoms with E-state index < -0.39 is 0 Å². The molecular formula is C14H23N3O. The molecule has 1 aromatic rings. The Kier molecular flexibility index (Phi) is 4.07. The van der Waals surface area contributed by atoms with E-state index in [1.165, 1.54) is 12.8 Å². The van der Waals surface area contributed by atoms with Crippen molar-refractivity contribution in [2.45, 2.75) is 38.1 Å². The van der Waals surface area contributed by atoms with Gasteiger partial charge in [0.25, 0.3) is 0 Å². The Morgan fingerprint density at radius 2 is 2.44 bits per heavy atom. The second-order valence-corrected chi connectivity index (χ2v) is 5.37. The lowest BCUT2D eigenvalue weighted by atomic mass is 9.76. The molecule has 1 aliphatic rings. The molecule has 2 unspecified atom stereocenters. The van der Waals surface area contributed by atoms with Crippen LogP contribution in [0.3, 0.4) is 0 Å². The number of nitrogens with one attached hydrogen (secondary N) is 1. The summed E-state index contributed by atoms with van der Waals surface area (Å²) < 4.78 is 5.34. The third kappa shape index (κ3) is 2.75. The van der Waals surface area contributed by atoms with Crippen LogP contribution in [0, 0.1) is 5.92 Å². The van der Waals surface area contributed by atoms with Crippen molar-refractivity contribution in [2.24, 2.45) is 11.7 Å². The van der Waals surface area contributed by atoms with Gasteiger partial charge in [-0.05, 0) is 30.9 Å². The first-order valence-electron chi connectivity index (χ1n) is 6.66. The van der Waals surface area contributed by atoms with Gasteiger partial charge in [0.15, 0.2) is 11.6 Å². The van der Waals surface area contributed by atoms with Gasteiger partial charge in [-0.3, -0.25) is 0 Å². The fourth-order valence-electron chi connectivity index (χ4n) is 2.91. The van der Waals surface area contributed by atoms with Crippen molar-refractivity contribution in [3.63, 3.8) is 0 Å². The van der Waals surface area contributed by atoms with Gasteiger partial charge in [-0.2, -0.15) is 0 Å². The zero-order valence-electron chi connectivity index (χ0n) is 11.3. The highest BCUT2D eigenvalue weighted by Crippen LogP contribution is 2.35. The summed E-state index contributed by atoms with van der Waals surface area (Å²) in [4.78, 5) is 4.37. The number of hydrogen-bond donors (Lipinski definition) is 2. The lowest BCUT2D eigenvalue weighted by Crippen LogP contribution is -2.49. The van der Waals surface area contributed by atoms with Crippen LogP contribution in [-0.4, -0.2) is 24.2 Å². The summed E-state index contributed by atoms with van der Waals surface area (Å²) in [5, 5.41) is 3.53. The average Bonchev–Trinajstić information content (AvgIpc) is 2.39. The van der Waals surface area contributed by atoms with Crippen LogP contribution in [0.4, 0.5) is 5.82 Å². The van der Waals surface area contributed by atoms with Gasteiger partial charge >= 0.3 is 0 Å². The third-order valence-corrected chi connectivity index (χ3v) is 3.86. The van der Waals surface area contributed by atoms with Crippen LogP contribution in [0.25, 0.3) is 0 Å². The normalized spacial score (nSPS) is 27.8. The minimum atomic E-state index is -0.0285. The van der Waals surface area contributed by atoms with E-state index in [9.17, 15) is 0 Å². The van der Waals surface area contributed by atoms with E-state index in [2.05, 4.69) is 17.2 Å². The fourth-order valence-corrected chi connectivity index (χ4v) is 2.91. The Balaban J connectivity index is 2.19. The second kappa shape index (κ2) is 5.57.